The average Bonchev–Trinajstić information content (AvgIpc) is 3.52. The summed E-state index contributed by atoms with van der Waals surface area (Å²) in [4.78, 5) is 16.7. The van der Waals surface area contributed by atoms with Crippen LogP contribution in [0.25, 0.3) is 0 Å². The normalized spacial score (nSPS) is 19.5. The Morgan fingerprint density at radius 3 is 2.58 bits per heavy atom. The molecule has 1 aromatic carbocycles. The Hall–Kier alpha value is -1.62. The molecule has 0 radical (unpaired) electrons. The Labute approximate surface area is 188 Å². The minimum atomic E-state index is -3.62. The van der Waals surface area contributed by atoms with Crippen LogP contribution in [-0.2, 0) is 14.8 Å². The number of morpholine rings is 1. The zero-order valence-electron chi connectivity index (χ0n) is 17.5. The maximum atomic E-state index is 12.9. The first-order valence-electron chi connectivity index (χ1n) is 10.7. The number of ketones is 1. The molecular formula is C22H29N3O4S2. The number of rotatable bonds is 9. The molecular weight excluding hydrogens is 434 g/mol. The fourth-order valence-corrected chi connectivity index (χ4v) is 6.45. The molecule has 31 heavy (non-hydrogen) atoms. The Balaban J connectivity index is 1.39. The Morgan fingerprint density at radius 2 is 1.87 bits per heavy atom. The summed E-state index contributed by atoms with van der Waals surface area (Å²) in [6, 6.07) is 10.8. The van der Waals surface area contributed by atoms with Crippen LogP contribution in [0.3, 0.4) is 0 Å². The molecule has 1 aromatic heterocycles. The van der Waals surface area contributed by atoms with Crippen LogP contribution in [0.2, 0.25) is 0 Å². The first-order valence-corrected chi connectivity index (χ1v) is 13.1. The molecule has 2 aromatic rings. The third-order valence-corrected chi connectivity index (χ3v) is 8.71. The Bertz CT molecular complexity index is 966. The molecule has 2 aliphatic rings. The molecule has 1 atom stereocenters. The van der Waals surface area contributed by atoms with Crippen molar-refractivity contribution in [3.63, 3.8) is 0 Å². The van der Waals surface area contributed by atoms with Gasteiger partial charge in [0.05, 0.1) is 30.7 Å². The van der Waals surface area contributed by atoms with Crippen molar-refractivity contribution >= 4 is 27.1 Å². The van der Waals surface area contributed by atoms with E-state index in [2.05, 4.69) is 27.7 Å². The number of carbonyl (C=O) groups excluding carboxylic acids is 1. The van der Waals surface area contributed by atoms with Crippen molar-refractivity contribution in [2.45, 2.75) is 23.8 Å². The summed E-state index contributed by atoms with van der Waals surface area (Å²) in [5, 5.41) is 5.40. The van der Waals surface area contributed by atoms with E-state index in [1.165, 1.54) is 28.1 Å². The molecule has 3 heterocycles. The van der Waals surface area contributed by atoms with Gasteiger partial charge in [-0.1, -0.05) is 18.2 Å². The molecule has 7 nitrogen and oxygen atoms in total. The van der Waals surface area contributed by atoms with Crippen LogP contribution >= 0.6 is 11.3 Å². The first-order chi connectivity index (χ1) is 15.1. The molecule has 2 saturated heterocycles. The highest BCUT2D eigenvalue weighted by molar-refractivity contribution is 7.89. The van der Waals surface area contributed by atoms with Gasteiger partial charge in [-0.25, -0.2) is 8.42 Å². The molecule has 2 fully saturated rings. The maximum Gasteiger partial charge on any atom is 0.243 e. The summed E-state index contributed by atoms with van der Waals surface area (Å²) in [5.74, 6) is -0.106. The van der Waals surface area contributed by atoms with Gasteiger partial charge in [0, 0.05) is 30.1 Å². The van der Waals surface area contributed by atoms with Crippen molar-refractivity contribution in [1.82, 2.24) is 14.5 Å². The van der Waals surface area contributed by atoms with Crippen LogP contribution in [0.1, 0.15) is 34.1 Å². The van der Waals surface area contributed by atoms with Gasteiger partial charge in [-0.3, -0.25) is 9.69 Å². The number of carbonyl (C=O) groups is 1. The minimum Gasteiger partial charge on any atom is -0.379 e. The molecule has 0 aliphatic carbocycles. The molecule has 1 unspecified atom stereocenters. The van der Waals surface area contributed by atoms with Crippen LogP contribution in [-0.4, -0.2) is 75.9 Å². The molecule has 0 spiro atoms. The van der Waals surface area contributed by atoms with Gasteiger partial charge in [-0.2, -0.15) is 4.31 Å². The Morgan fingerprint density at radius 1 is 1.10 bits per heavy atom. The topological polar surface area (TPSA) is 79.0 Å². The van der Waals surface area contributed by atoms with E-state index in [4.69, 9.17) is 4.74 Å². The second-order valence-corrected chi connectivity index (χ2v) is 10.8. The van der Waals surface area contributed by atoms with Gasteiger partial charge in [0.25, 0.3) is 0 Å². The molecule has 0 saturated carbocycles. The average molecular weight is 464 g/mol. The van der Waals surface area contributed by atoms with E-state index in [1.54, 1.807) is 29.5 Å². The molecule has 1 N–H and O–H groups in total. The van der Waals surface area contributed by atoms with Gasteiger partial charge in [-0.15, -0.1) is 11.3 Å². The summed E-state index contributed by atoms with van der Waals surface area (Å²) < 4.78 is 32.4. The number of hydrogen-bond acceptors (Lipinski definition) is 7. The van der Waals surface area contributed by atoms with Crippen molar-refractivity contribution in [1.29, 1.82) is 0 Å². The lowest BCUT2D eigenvalue weighted by atomic mass is 10.1. The number of thiophene rings is 1. The summed E-state index contributed by atoms with van der Waals surface area (Å²) in [6.07, 6.45) is 2.43. The molecule has 4 rings (SSSR count). The molecule has 9 heteroatoms. The van der Waals surface area contributed by atoms with Crippen molar-refractivity contribution < 1.29 is 17.9 Å². The van der Waals surface area contributed by atoms with Gasteiger partial charge >= 0.3 is 0 Å². The number of Topliss-reactive ketones (excluding diaryl/α,β-unsaturated/α-hetero) is 1. The monoisotopic (exact) mass is 463 g/mol. The lowest BCUT2D eigenvalue weighted by molar-refractivity contribution is 0.0730. The van der Waals surface area contributed by atoms with Gasteiger partial charge in [-0.05, 0) is 49.5 Å². The second kappa shape index (κ2) is 10.3. The number of likely N-dealkylation sites (tertiary alicyclic amines) is 1. The maximum absolute atomic E-state index is 12.9. The van der Waals surface area contributed by atoms with Crippen LogP contribution in [0.4, 0.5) is 0 Å². The zero-order valence-corrected chi connectivity index (χ0v) is 19.2. The molecule has 168 valence electrons. The SMILES string of the molecule is O=C(CNCC(c1cccs1)N1CCCC1)c1cccc(S(=O)(=O)N2CCOCC2)c1. The summed E-state index contributed by atoms with van der Waals surface area (Å²) in [6.45, 7) is 4.49. The van der Waals surface area contributed by atoms with Crippen LogP contribution in [0.15, 0.2) is 46.7 Å². The van der Waals surface area contributed by atoms with Crippen LogP contribution in [0, 0.1) is 0 Å². The molecule has 2 aliphatic heterocycles. The van der Waals surface area contributed by atoms with E-state index < -0.39 is 10.0 Å². The van der Waals surface area contributed by atoms with Gasteiger partial charge in [0.1, 0.15) is 0 Å². The third-order valence-electron chi connectivity index (χ3n) is 5.84. The Kier molecular flexibility index (Phi) is 7.52. The van der Waals surface area contributed by atoms with E-state index in [9.17, 15) is 13.2 Å². The summed E-state index contributed by atoms with van der Waals surface area (Å²) >= 11 is 1.74. The van der Waals surface area contributed by atoms with E-state index in [0.717, 1.165) is 13.1 Å². The number of benzene rings is 1. The number of nitrogens with zero attached hydrogens (tertiary/aromatic N) is 2. The largest absolute Gasteiger partial charge is 0.379 e. The van der Waals surface area contributed by atoms with Gasteiger partial charge in [0.15, 0.2) is 5.78 Å². The first kappa shape index (κ1) is 22.6. The zero-order chi connectivity index (χ0) is 21.7. The quantitative estimate of drug-likeness (QED) is 0.576. The van der Waals surface area contributed by atoms with Crippen molar-refractivity contribution in [3.8, 4) is 0 Å². The van der Waals surface area contributed by atoms with Gasteiger partial charge in [0.2, 0.25) is 10.0 Å². The fraction of sp³-hybridized carbons (Fsp3) is 0.500. The van der Waals surface area contributed by atoms with Crippen molar-refractivity contribution in [3.05, 3.63) is 52.2 Å². The fourth-order valence-electron chi connectivity index (χ4n) is 4.13. The van der Waals surface area contributed by atoms with Crippen LogP contribution in [0.5, 0.6) is 0 Å². The second-order valence-electron chi connectivity index (χ2n) is 7.87. The lowest BCUT2D eigenvalue weighted by Crippen LogP contribution is -2.40. The highest BCUT2D eigenvalue weighted by Crippen LogP contribution is 2.27. The van der Waals surface area contributed by atoms with E-state index >= 15 is 0 Å². The summed E-state index contributed by atoms with van der Waals surface area (Å²) in [7, 11) is -3.62. The minimum absolute atomic E-state index is 0.106. The summed E-state index contributed by atoms with van der Waals surface area (Å²) in [5.41, 5.74) is 0.413. The van der Waals surface area contributed by atoms with E-state index in [1.807, 2.05) is 0 Å². The number of sulfonamides is 1. The predicted molar refractivity (Wildman–Crippen MR) is 121 cm³/mol. The van der Waals surface area contributed by atoms with E-state index in [-0.39, 0.29) is 23.3 Å². The highest BCUT2D eigenvalue weighted by Gasteiger charge is 2.27. The number of hydrogen-bond donors (Lipinski definition) is 1. The standard InChI is InChI=1S/C22H29N3O4S2/c26-21(17-23-16-20(22-7-4-14-30-22)24-8-1-2-9-24)18-5-3-6-19(15-18)31(27,28)25-10-12-29-13-11-25/h3-7,14-15,20,23H,1-2,8-13,16-17H2. The van der Waals surface area contributed by atoms with E-state index in [0.29, 0.717) is 38.4 Å². The molecule has 0 amide bonds. The van der Waals surface area contributed by atoms with Gasteiger partial charge < -0.3 is 10.1 Å². The number of nitrogens with one attached hydrogen (secondary N) is 1. The highest BCUT2D eigenvalue weighted by atomic mass is 32.2. The molecule has 0 bridgehead atoms. The third kappa shape index (κ3) is 5.42. The van der Waals surface area contributed by atoms with Crippen molar-refractivity contribution in [2.75, 3.05) is 52.5 Å². The number of ether oxygens (including phenoxy) is 1. The smallest absolute Gasteiger partial charge is 0.243 e. The predicted octanol–water partition coefficient (Wildman–Crippen LogP) is 2.38. The van der Waals surface area contributed by atoms with Crippen LogP contribution < -0.4 is 5.32 Å². The van der Waals surface area contributed by atoms with Crippen molar-refractivity contribution in [2.24, 2.45) is 0 Å². The lowest BCUT2D eigenvalue weighted by Gasteiger charge is -2.27.